The van der Waals surface area contributed by atoms with Crippen LogP contribution >= 0.6 is 24.0 Å². The lowest BCUT2D eigenvalue weighted by molar-refractivity contribution is 0.249. The number of piperazine rings is 1. The Labute approximate surface area is 187 Å². The fourth-order valence-corrected chi connectivity index (χ4v) is 4.09. The van der Waals surface area contributed by atoms with Crippen molar-refractivity contribution in [3.05, 3.63) is 64.9 Å². The van der Waals surface area contributed by atoms with Crippen molar-refractivity contribution in [1.29, 1.82) is 0 Å². The molecule has 30 heavy (non-hydrogen) atoms. The van der Waals surface area contributed by atoms with Crippen molar-refractivity contribution in [3.8, 4) is 0 Å². The smallest absolute Gasteiger partial charge is 0.196 e. The maximum atomic E-state index is 6.18. The number of fused-ring (bicyclic) bond motifs is 3. The van der Waals surface area contributed by atoms with Crippen LogP contribution in [0.25, 0.3) is 22.1 Å². The monoisotopic (exact) mass is 442 g/mol. The zero-order valence-corrected chi connectivity index (χ0v) is 18.4. The first kappa shape index (κ1) is 20.9. The third-order valence-corrected chi connectivity index (χ3v) is 5.81. The molecule has 0 spiro atoms. The molecular weight excluding hydrogens is 419 g/mol. The molecule has 2 aromatic carbocycles. The second kappa shape index (κ2) is 8.80. The highest BCUT2D eigenvalue weighted by Crippen LogP contribution is 2.33. The minimum Gasteiger partial charge on any atom is -0.450 e. The molecule has 4 aromatic rings. The fraction of sp³-hybridized carbons (Fsp3) is 0.304. The maximum absolute atomic E-state index is 6.18. The van der Waals surface area contributed by atoms with Crippen LogP contribution in [-0.2, 0) is 13.0 Å². The third kappa shape index (κ3) is 3.97. The summed E-state index contributed by atoms with van der Waals surface area (Å²) in [4.78, 5) is 14.4. The van der Waals surface area contributed by atoms with E-state index in [1.807, 2.05) is 30.3 Å². The summed E-state index contributed by atoms with van der Waals surface area (Å²) in [5.74, 6) is 1.79. The van der Waals surface area contributed by atoms with Crippen LogP contribution < -0.4 is 4.90 Å². The summed E-state index contributed by atoms with van der Waals surface area (Å²) in [6, 6.07) is 16.2. The minimum atomic E-state index is 0. The Morgan fingerprint density at radius 1 is 0.967 bits per heavy atom. The van der Waals surface area contributed by atoms with Gasteiger partial charge in [-0.15, -0.1) is 12.4 Å². The number of furan rings is 1. The first-order valence-electron chi connectivity index (χ1n) is 10.1. The highest BCUT2D eigenvalue weighted by atomic mass is 35.5. The molecule has 1 fully saturated rings. The van der Waals surface area contributed by atoms with Crippen molar-refractivity contribution < 1.29 is 4.42 Å². The Morgan fingerprint density at radius 3 is 2.43 bits per heavy atom. The molecule has 2 aromatic heterocycles. The number of nitrogens with zero attached hydrogens (tertiary/aromatic N) is 4. The van der Waals surface area contributed by atoms with E-state index in [2.05, 4.69) is 34.9 Å². The van der Waals surface area contributed by atoms with Crippen molar-refractivity contribution in [1.82, 2.24) is 14.9 Å². The van der Waals surface area contributed by atoms with Gasteiger partial charge >= 0.3 is 0 Å². The summed E-state index contributed by atoms with van der Waals surface area (Å²) in [5.41, 5.74) is 3.88. The van der Waals surface area contributed by atoms with Crippen molar-refractivity contribution in [2.45, 2.75) is 19.9 Å². The standard InChI is InChI=1S/C23H23ClN4O.ClH/c1-2-20-25-21-18-5-3-4-6-19(18)29-22(21)23(26-20)28-13-11-27(12-14-28)15-16-7-9-17(24)10-8-16;/h3-10H,2,11-15H2,1H3;1H. The number of halogens is 2. The van der Waals surface area contributed by atoms with Crippen LogP contribution in [-0.4, -0.2) is 41.0 Å². The summed E-state index contributed by atoms with van der Waals surface area (Å²) in [6.45, 7) is 6.83. The van der Waals surface area contributed by atoms with E-state index < -0.39 is 0 Å². The predicted octanol–water partition coefficient (Wildman–Crippen LogP) is 5.34. The Bertz CT molecular complexity index is 1150. The average molecular weight is 443 g/mol. The van der Waals surface area contributed by atoms with Gasteiger partial charge < -0.3 is 9.32 Å². The van der Waals surface area contributed by atoms with Crippen LogP contribution in [0.15, 0.2) is 52.9 Å². The van der Waals surface area contributed by atoms with E-state index >= 15 is 0 Å². The molecule has 0 amide bonds. The lowest BCUT2D eigenvalue weighted by atomic mass is 10.2. The molecular formula is C23H24Cl2N4O. The second-order valence-electron chi connectivity index (χ2n) is 7.48. The van der Waals surface area contributed by atoms with Gasteiger partial charge in [-0.2, -0.15) is 0 Å². The first-order chi connectivity index (χ1) is 14.2. The molecule has 0 aliphatic carbocycles. The molecule has 0 unspecified atom stereocenters. The van der Waals surface area contributed by atoms with Gasteiger partial charge in [0, 0.05) is 49.6 Å². The summed E-state index contributed by atoms with van der Waals surface area (Å²) in [5, 5.41) is 1.84. The van der Waals surface area contributed by atoms with Gasteiger partial charge in [-0.3, -0.25) is 4.90 Å². The van der Waals surface area contributed by atoms with Crippen molar-refractivity contribution in [2.75, 3.05) is 31.1 Å². The van der Waals surface area contributed by atoms with Gasteiger partial charge in [-0.1, -0.05) is 42.8 Å². The molecule has 0 atom stereocenters. The van der Waals surface area contributed by atoms with Crippen LogP contribution in [0.1, 0.15) is 18.3 Å². The van der Waals surface area contributed by atoms with Crippen molar-refractivity contribution >= 4 is 51.9 Å². The van der Waals surface area contributed by atoms with E-state index in [4.69, 9.17) is 26.0 Å². The van der Waals surface area contributed by atoms with Gasteiger partial charge in [-0.25, -0.2) is 9.97 Å². The van der Waals surface area contributed by atoms with Crippen molar-refractivity contribution in [3.63, 3.8) is 0 Å². The number of anilines is 1. The Kier molecular flexibility index (Phi) is 6.14. The molecule has 1 saturated heterocycles. The van der Waals surface area contributed by atoms with Crippen LogP contribution in [0.3, 0.4) is 0 Å². The van der Waals surface area contributed by atoms with Crippen LogP contribution in [0.4, 0.5) is 5.82 Å². The number of hydrogen-bond donors (Lipinski definition) is 0. The topological polar surface area (TPSA) is 45.4 Å². The molecule has 3 heterocycles. The summed E-state index contributed by atoms with van der Waals surface area (Å²) in [6.07, 6.45) is 0.805. The molecule has 1 aliphatic heterocycles. The molecule has 0 bridgehead atoms. The number of para-hydroxylation sites is 1. The minimum absolute atomic E-state index is 0. The lowest BCUT2D eigenvalue weighted by Crippen LogP contribution is -2.46. The van der Waals surface area contributed by atoms with Crippen molar-refractivity contribution in [2.24, 2.45) is 0 Å². The zero-order chi connectivity index (χ0) is 19.8. The summed E-state index contributed by atoms with van der Waals surface area (Å²) >= 11 is 6.00. The largest absolute Gasteiger partial charge is 0.450 e. The van der Waals surface area contributed by atoms with E-state index in [1.165, 1.54) is 5.56 Å². The first-order valence-corrected chi connectivity index (χ1v) is 10.5. The number of hydrogen-bond acceptors (Lipinski definition) is 5. The Hall–Kier alpha value is -2.34. The van der Waals surface area contributed by atoms with E-state index in [-0.39, 0.29) is 12.4 Å². The lowest BCUT2D eigenvalue weighted by Gasteiger charge is -2.35. The molecule has 0 saturated carbocycles. The van der Waals surface area contributed by atoms with Gasteiger partial charge in [-0.05, 0) is 29.8 Å². The fourth-order valence-electron chi connectivity index (χ4n) is 3.96. The van der Waals surface area contributed by atoms with Gasteiger partial charge in [0.25, 0.3) is 0 Å². The zero-order valence-electron chi connectivity index (χ0n) is 16.8. The SMILES string of the molecule is CCc1nc(N2CCN(Cc3ccc(Cl)cc3)CC2)c2oc3ccccc3c2n1.Cl. The number of aryl methyl sites for hydroxylation is 1. The van der Waals surface area contributed by atoms with Crippen LogP contribution in [0, 0.1) is 0 Å². The molecule has 5 nitrogen and oxygen atoms in total. The maximum Gasteiger partial charge on any atom is 0.196 e. The molecule has 5 rings (SSSR count). The Morgan fingerprint density at radius 2 is 1.70 bits per heavy atom. The average Bonchev–Trinajstić information content (AvgIpc) is 3.14. The summed E-state index contributed by atoms with van der Waals surface area (Å²) < 4.78 is 6.18. The Balaban J connectivity index is 0.00000218. The van der Waals surface area contributed by atoms with Gasteiger partial charge in [0.05, 0.1) is 0 Å². The quantitative estimate of drug-likeness (QED) is 0.426. The molecule has 156 valence electrons. The van der Waals surface area contributed by atoms with Gasteiger partial charge in [0.15, 0.2) is 11.4 Å². The molecule has 0 N–H and O–H groups in total. The van der Waals surface area contributed by atoms with E-state index in [0.29, 0.717) is 0 Å². The second-order valence-corrected chi connectivity index (χ2v) is 7.92. The normalized spacial score (nSPS) is 14.9. The van der Waals surface area contributed by atoms with E-state index in [1.54, 1.807) is 0 Å². The number of benzene rings is 2. The molecule has 0 radical (unpaired) electrons. The van der Waals surface area contributed by atoms with Gasteiger partial charge in [0.2, 0.25) is 0 Å². The number of rotatable bonds is 4. The van der Waals surface area contributed by atoms with Crippen LogP contribution in [0.2, 0.25) is 5.02 Å². The highest BCUT2D eigenvalue weighted by molar-refractivity contribution is 6.30. The molecule has 1 aliphatic rings. The summed E-state index contributed by atoms with van der Waals surface area (Å²) in [7, 11) is 0. The van der Waals surface area contributed by atoms with Gasteiger partial charge in [0.1, 0.15) is 16.9 Å². The van der Waals surface area contributed by atoms with Crippen LogP contribution in [0.5, 0.6) is 0 Å². The number of aromatic nitrogens is 2. The molecule has 7 heteroatoms. The third-order valence-electron chi connectivity index (χ3n) is 5.56. The highest BCUT2D eigenvalue weighted by Gasteiger charge is 2.23. The van der Waals surface area contributed by atoms with E-state index in [9.17, 15) is 0 Å². The van der Waals surface area contributed by atoms with E-state index in [0.717, 1.165) is 77.9 Å². The predicted molar refractivity (Wildman–Crippen MR) is 125 cm³/mol.